The summed E-state index contributed by atoms with van der Waals surface area (Å²) in [5, 5.41) is 2.86. The number of aryl methyl sites for hydroxylation is 1. The van der Waals surface area contributed by atoms with Crippen LogP contribution in [0.25, 0.3) is 0 Å². The molecule has 0 aliphatic carbocycles. The van der Waals surface area contributed by atoms with Gasteiger partial charge >= 0.3 is 0 Å². The van der Waals surface area contributed by atoms with Gasteiger partial charge in [-0.1, -0.05) is 6.07 Å². The fraction of sp³-hybridized carbons (Fsp3) is 0.300. The maximum atomic E-state index is 12.5. The van der Waals surface area contributed by atoms with Gasteiger partial charge in [-0.05, 0) is 61.7 Å². The van der Waals surface area contributed by atoms with Crippen molar-refractivity contribution in [1.82, 2.24) is 0 Å². The Morgan fingerprint density at radius 3 is 2.58 bits per heavy atom. The summed E-state index contributed by atoms with van der Waals surface area (Å²) in [7, 11) is 0. The lowest BCUT2D eigenvalue weighted by molar-refractivity contribution is 0.0681. The maximum absolute atomic E-state index is 12.5. The highest BCUT2D eigenvalue weighted by Crippen LogP contribution is 2.27. The van der Waals surface area contributed by atoms with E-state index in [-0.39, 0.29) is 12.0 Å². The van der Waals surface area contributed by atoms with Gasteiger partial charge in [-0.3, -0.25) is 9.59 Å². The number of primary amides is 1. The number of benzene rings is 2. The van der Waals surface area contributed by atoms with Crippen LogP contribution in [0.4, 0.5) is 5.69 Å². The van der Waals surface area contributed by atoms with Crippen LogP contribution >= 0.6 is 0 Å². The van der Waals surface area contributed by atoms with Crippen molar-refractivity contribution in [3.8, 4) is 5.75 Å². The van der Waals surface area contributed by atoms with Crippen LogP contribution in [0.15, 0.2) is 42.5 Å². The Hall–Kier alpha value is -2.86. The zero-order valence-corrected chi connectivity index (χ0v) is 14.7. The van der Waals surface area contributed by atoms with Gasteiger partial charge in [0.2, 0.25) is 5.91 Å². The van der Waals surface area contributed by atoms with E-state index in [0.717, 1.165) is 25.0 Å². The summed E-state index contributed by atoms with van der Waals surface area (Å²) >= 11 is 0. The van der Waals surface area contributed by atoms with Crippen molar-refractivity contribution in [3.63, 3.8) is 0 Å². The number of nitrogens with one attached hydrogen (secondary N) is 1. The second-order valence-electron chi connectivity index (χ2n) is 6.34. The number of amides is 2. The van der Waals surface area contributed by atoms with Crippen LogP contribution in [0, 0.1) is 6.92 Å². The minimum atomic E-state index is -0.527. The number of hydrogen-bond acceptors (Lipinski definition) is 4. The summed E-state index contributed by atoms with van der Waals surface area (Å²) in [6.45, 7) is 3.19. The molecule has 1 aliphatic rings. The molecule has 6 heteroatoms. The van der Waals surface area contributed by atoms with Crippen molar-refractivity contribution in [1.29, 1.82) is 0 Å². The van der Waals surface area contributed by atoms with Crippen molar-refractivity contribution in [3.05, 3.63) is 59.2 Å². The van der Waals surface area contributed by atoms with Crippen LogP contribution in [0.2, 0.25) is 0 Å². The lowest BCUT2D eigenvalue weighted by Gasteiger charge is -2.16. The minimum Gasteiger partial charge on any atom is -0.489 e. The summed E-state index contributed by atoms with van der Waals surface area (Å²) in [5.74, 6) is -0.199. The first-order valence-corrected chi connectivity index (χ1v) is 8.59. The third-order valence-electron chi connectivity index (χ3n) is 4.27. The monoisotopic (exact) mass is 354 g/mol. The first-order valence-electron chi connectivity index (χ1n) is 8.59. The summed E-state index contributed by atoms with van der Waals surface area (Å²) < 4.78 is 11.5. The molecule has 3 rings (SSSR count). The van der Waals surface area contributed by atoms with Gasteiger partial charge in [0.25, 0.3) is 5.91 Å². The maximum Gasteiger partial charge on any atom is 0.255 e. The van der Waals surface area contributed by atoms with Crippen LogP contribution in [0.1, 0.15) is 39.1 Å². The fourth-order valence-corrected chi connectivity index (χ4v) is 2.79. The molecule has 6 nitrogen and oxygen atoms in total. The summed E-state index contributed by atoms with van der Waals surface area (Å²) in [6.07, 6.45) is 2.13. The number of hydrogen-bond donors (Lipinski definition) is 2. The van der Waals surface area contributed by atoms with E-state index >= 15 is 0 Å². The topological polar surface area (TPSA) is 90.7 Å². The van der Waals surface area contributed by atoms with E-state index in [0.29, 0.717) is 29.2 Å². The Balaban J connectivity index is 1.71. The number of carbonyl (C=O) groups is 2. The standard InChI is InChI=1S/C20H22N2O4/c1-13-4-9-17(18(11-13)26-12-16-3-2-10-25-16)22-20(24)15-7-5-14(6-8-15)19(21)23/h4-9,11,16H,2-3,10,12H2,1H3,(H2,21,23)(H,22,24). The molecule has 0 bridgehead atoms. The summed E-state index contributed by atoms with van der Waals surface area (Å²) in [4.78, 5) is 23.6. The molecule has 0 aromatic heterocycles. The normalized spacial score (nSPS) is 16.3. The number of ether oxygens (including phenoxy) is 2. The smallest absolute Gasteiger partial charge is 0.255 e. The molecule has 2 aromatic carbocycles. The average Bonchev–Trinajstić information content (AvgIpc) is 3.15. The lowest BCUT2D eigenvalue weighted by atomic mass is 10.1. The second kappa shape index (κ2) is 8.01. The zero-order chi connectivity index (χ0) is 18.5. The van der Waals surface area contributed by atoms with E-state index in [1.54, 1.807) is 12.1 Å². The minimum absolute atomic E-state index is 0.0976. The van der Waals surface area contributed by atoms with Gasteiger partial charge in [0.1, 0.15) is 12.4 Å². The van der Waals surface area contributed by atoms with Crippen molar-refractivity contribution in [2.24, 2.45) is 5.73 Å². The number of carbonyl (C=O) groups excluding carboxylic acids is 2. The number of rotatable bonds is 6. The highest BCUT2D eigenvalue weighted by molar-refractivity contribution is 6.05. The Morgan fingerprint density at radius 1 is 1.19 bits per heavy atom. The van der Waals surface area contributed by atoms with E-state index in [4.69, 9.17) is 15.2 Å². The van der Waals surface area contributed by atoms with E-state index < -0.39 is 5.91 Å². The molecule has 26 heavy (non-hydrogen) atoms. The molecule has 3 N–H and O–H groups in total. The van der Waals surface area contributed by atoms with Gasteiger partial charge in [-0.25, -0.2) is 0 Å². The molecule has 0 radical (unpaired) electrons. The second-order valence-corrected chi connectivity index (χ2v) is 6.34. The molecule has 2 amide bonds. The number of anilines is 1. The quantitative estimate of drug-likeness (QED) is 0.834. The molecular weight excluding hydrogens is 332 g/mol. The SMILES string of the molecule is Cc1ccc(NC(=O)c2ccc(C(N)=O)cc2)c(OCC2CCCO2)c1. The highest BCUT2D eigenvalue weighted by Gasteiger charge is 2.17. The molecule has 2 aromatic rings. The third-order valence-corrected chi connectivity index (χ3v) is 4.27. The summed E-state index contributed by atoms with van der Waals surface area (Å²) in [5.41, 5.74) is 7.64. The van der Waals surface area contributed by atoms with E-state index in [9.17, 15) is 9.59 Å². The van der Waals surface area contributed by atoms with Crippen molar-refractivity contribution >= 4 is 17.5 Å². The predicted octanol–water partition coefficient (Wildman–Crippen LogP) is 2.90. The van der Waals surface area contributed by atoms with Gasteiger partial charge < -0.3 is 20.5 Å². The van der Waals surface area contributed by atoms with E-state index in [1.165, 1.54) is 12.1 Å². The Morgan fingerprint density at radius 2 is 1.92 bits per heavy atom. The fourth-order valence-electron chi connectivity index (χ4n) is 2.79. The van der Waals surface area contributed by atoms with Crippen molar-refractivity contribution in [2.45, 2.75) is 25.9 Å². The van der Waals surface area contributed by atoms with Crippen LogP contribution in [0.3, 0.4) is 0 Å². The molecule has 136 valence electrons. The number of nitrogens with two attached hydrogens (primary N) is 1. The Labute approximate surface area is 152 Å². The predicted molar refractivity (Wildman–Crippen MR) is 98.6 cm³/mol. The molecule has 0 saturated carbocycles. The molecule has 0 spiro atoms. The van der Waals surface area contributed by atoms with Crippen LogP contribution in [0.5, 0.6) is 5.75 Å². The van der Waals surface area contributed by atoms with Gasteiger partial charge in [-0.15, -0.1) is 0 Å². The van der Waals surface area contributed by atoms with Gasteiger partial charge in [0.15, 0.2) is 0 Å². The third kappa shape index (κ3) is 4.40. The highest BCUT2D eigenvalue weighted by atomic mass is 16.5. The molecular formula is C20H22N2O4. The Kier molecular flexibility index (Phi) is 5.53. The van der Waals surface area contributed by atoms with Crippen LogP contribution < -0.4 is 15.8 Å². The lowest BCUT2D eigenvalue weighted by Crippen LogP contribution is -2.18. The first-order chi connectivity index (χ1) is 12.5. The van der Waals surface area contributed by atoms with Crippen molar-refractivity contribution in [2.75, 3.05) is 18.5 Å². The molecule has 1 saturated heterocycles. The molecule has 1 atom stereocenters. The zero-order valence-electron chi connectivity index (χ0n) is 14.7. The Bertz CT molecular complexity index is 796. The van der Waals surface area contributed by atoms with Gasteiger partial charge in [0, 0.05) is 17.7 Å². The molecule has 1 heterocycles. The average molecular weight is 354 g/mol. The van der Waals surface area contributed by atoms with E-state index in [2.05, 4.69) is 5.32 Å². The molecule has 1 aliphatic heterocycles. The largest absolute Gasteiger partial charge is 0.489 e. The van der Waals surface area contributed by atoms with Gasteiger partial charge in [-0.2, -0.15) is 0 Å². The van der Waals surface area contributed by atoms with Crippen molar-refractivity contribution < 1.29 is 19.1 Å². The summed E-state index contributed by atoms with van der Waals surface area (Å²) in [6, 6.07) is 11.8. The van der Waals surface area contributed by atoms with Crippen LogP contribution in [-0.2, 0) is 4.74 Å². The first kappa shape index (κ1) is 17.9. The van der Waals surface area contributed by atoms with E-state index in [1.807, 2.05) is 25.1 Å². The van der Waals surface area contributed by atoms with Crippen LogP contribution in [-0.4, -0.2) is 31.1 Å². The molecule has 1 unspecified atom stereocenters. The molecule has 1 fully saturated rings. The van der Waals surface area contributed by atoms with Gasteiger partial charge in [0.05, 0.1) is 11.8 Å².